The normalized spacial score (nSPS) is 18.1. The molecule has 1 N–H and O–H groups in total. The van der Waals surface area contributed by atoms with E-state index in [-0.39, 0.29) is 13.2 Å². The molecule has 0 heterocycles. The van der Waals surface area contributed by atoms with Crippen molar-refractivity contribution < 1.29 is 18.7 Å². The standard InChI is InChI=1S/C11H16F2N2O2/c12-9(13)7-15(5-6-16)10(17)11(8-14)3-1-2-4-11/h9,16H,1-7H2. The summed E-state index contributed by atoms with van der Waals surface area (Å²) in [7, 11) is 0. The lowest BCUT2D eigenvalue weighted by Gasteiger charge is -2.29. The first-order valence-electron chi connectivity index (χ1n) is 5.65. The van der Waals surface area contributed by atoms with Crippen LogP contribution in [0.4, 0.5) is 8.78 Å². The summed E-state index contributed by atoms with van der Waals surface area (Å²) in [4.78, 5) is 13.0. The second kappa shape index (κ2) is 5.92. The predicted octanol–water partition coefficient (Wildman–Crippen LogP) is 1.16. The van der Waals surface area contributed by atoms with E-state index in [0.717, 1.165) is 17.7 Å². The quantitative estimate of drug-likeness (QED) is 0.791. The Bertz CT molecular complexity index is 309. The summed E-state index contributed by atoms with van der Waals surface area (Å²) in [5.74, 6) is -0.563. The molecule has 1 rings (SSSR count). The van der Waals surface area contributed by atoms with E-state index < -0.39 is 24.3 Å². The molecule has 0 saturated heterocycles. The van der Waals surface area contributed by atoms with Gasteiger partial charge in [0.25, 0.3) is 6.43 Å². The van der Waals surface area contributed by atoms with Crippen molar-refractivity contribution in [1.82, 2.24) is 4.90 Å². The van der Waals surface area contributed by atoms with Crippen molar-refractivity contribution in [2.24, 2.45) is 5.41 Å². The maximum atomic E-state index is 12.3. The fourth-order valence-electron chi connectivity index (χ4n) is 2.22. The van der Waals surface area contributed by atoms with Gasteiger partial charge in [0.05, 0.1) is 19.2 Å². The highest BCUT2D eigenvalue weighted by Crippen LogP contribution is 2.39. The zero-order chi connectivity index (χ0) is 12.9. The number of hydrogen-bond donors (Lipinski definition) is 1. The van der Waals surface area contributed by atoms with Crippen LogP contribution in [0, 0.1) is 16.7 Å². The lowest BCUT2D eigenvalue weighted by atomic mass is 9.86. The molecule has 1 aliphatic rings. The first-order valence-corrected chi connectivity index (χ1v) is 5.65. The molecule has 1 fully saturated rings. The average Bonchev–Trinajstić information content (AvgIpc) is 2.76. The lowest BCUT2D eigenvalue weighted by molar-refractivity contribution is -0.141. The third kappa shape index (κ3) is 3.13. The molecule has 4 nitrogen and oxygen atoms in total. The van der Waals surface area contributed by atoms with E-state index >= 15 is 0 Å². The van der Waals surface area contributed by atoms with Gasteiger partial charge in [-0.2, -0.15) is 5.26 Å². The van der Waals surface area contributed by atoms with Crippen LogP contribution in [0.2, 0.25) is 0 Å². The van der Waals surface area contributed by atoms with E-state index in [0.29, 0.717) is 12.8 Å². The molecule has 17 heavy (non-hydrogen) atoms. The van der Waals surface area contributed by atoms with Crippen LogP contribution in [-0.4, -0.2) is 42.0 Å². The molecule has 96 valence electrons. The molecule has 0 aromatic rings. The molecule has 0 aromatic carbocycles. The van der Waals surface area contributed by atoms with E-state index in [1.807, 2.05) is 6.07 Å². The minimum absolute atomic E-state index is 0.146. The molecule has 1 saturated carbocycles. The van der Waals surface area contributed by atoms with E-state index in [1.54, 1.807) is 0 Å². The number of alkyl halides is 2. The van der Waals surface area contributed by atoms with Crippen LogP contribution >= 0.6 is 0 Å². The highest BCUT2D eigenvalue weighted by Gasteiger charge is 2.44. The van der Waals surface area contributed by atoms with Crippen LogP contribution in [0.5, 0.6) is 0 Å². The molecular formula is C11H16F2N2O2. The number of amides is 1. The number of nitrogens with zero attached hydrogens (tertiary/aromatic N) is 2. The summed E-state index contributed by atoms with van der Waals surface area (Å²) >= 11 is 0. The summed E-state index contributed by atoms with van der Waals surface area (Å²) in [6.07, 6.45) is -0.272. The van der Waals surface area contributed by atoms with Gasteiger partial charge in [-0.15, -0.1) is 0 Å². The number of halogens is 2. The van der Waals surface area contributed by atoms with Crippen LogP contribution in [0.25, 0.3) is 0 Å². The van der Waals surface area contributed by atoms with E-state index in [9.17, 15) is 13.6 Å². The first-order chi connectivity index (χ1) is 8.05. The van der Waals surface area contributed by atoms with Crippen molar-refractivity contribution in [3.05, 3.63) is 0 Å². The zero-order valence-electron chi connectivity index (χ0n) is 9.53. The Labute approximate surface area is 98.8 Å². The summed E-state index contributed by atoms with van der Waals surface area (Å²) < 4.78 is 24.7. The minimum atomic E-state index is -2.65. The van der Waals surface area contributed by atoms with Crippen molar-refractivity contribution in [1.29, 1.82) is 5.26 Å². The molecule has 0 spiro atoms. The largest absolute Gasteiger partial charge is 0.395 e. The molecule has 0 bridgehead atoms. The molecule has 0 aromatic heterocycles. The van der Waals surface area contributed by atoms with Gasteiger partial charge in [-0.1, -0.05) is 12.8 Å². The smallest absolute Gasteiger partial charge is 0.255 e. The van der Waals surface area contributed by atoms with Gasteiger partial charge in [-0.05, 0) is 12.8 Å². The highest BCUT2D eigenvalue weighted by molar-refractivity contribution is 5.85. The predicted molar refractivity (Wildman–Crippen MR) is 56.2 cm³/mol. The highest BCUT2D eigenvalue weighted by atomic mass is 19.3. The van der Waals surface area contributed by atoms with E-state index in [2.05, 4.69) is 0 Å². The Morgan fingerprint density at radius 2 is 2.06 bits per heavy atom. The van der Waals surface area contributed by atoms with Crippen LogP contribution in [-0.2, 0) is 4.79 Å². The Kier molecular flexibility index (Phi) is 4.82. The maximum Gasteiger partial charge on any atom is 0.255 e. The third-order valence-electron chi connectivity index (χ3n) is 3.10. The SMILES string of the molecule is N#CC1(C(=O)N(CCO)CC(F)F)CCCC1. The van der Waals surface area contributed by atoms with Crippen LogP contribution < -0.4 is 0 Å². The van der Waals surface area contributed by atoms with Crippen LogP contribution in [0.1, 0.15) is 25.7 Å². The number of nitriles is 1. The van der Waals surface area contributed by atoms with Gasteiger partial charge in [0.2, 0.25) is 5.91 Å². The minimum Gasteiger partial charge on any atom is -0.395 e. The fraction of sp³-hybridized carbons (Fsp3) is 0.818. The second-order valence-corrected chi connectivity index (χ2v) is 4.27. The van der Waals surface area contributed by atoms with Gasteiger partial charge < -0.3 is 10.0 Å². The molecule has 1 amide bonds. The second-order valence-electron chi connectivity index (χ2n) is 4.27. The number of aliphatic hydroxyl groups excluding tert-OH is 1. The first kappa shape index (κ1) is 13.8. The summed E-state index contributed by atoms with van der Waals surface area (Å²) in [5.41, 5.74) is -1.15. The molecule has 0 unspecified atom stereocenters. The summed E-state index contributed by atoms with van der Waals surface area (Å²) in [6, 6.07) is 1.97. The Balaban J connectivity index is 2.79. The summed E-state index contributed by atoms with van der Waals surface area (Å²) in [5, 5.41) is 17.9. The van der Waals surface area contributed by atoms with Crippen molar-refractivity contribution in [2.75, 3.05) is 19.7 Å². The summed E-state index contributed by atoms with van der Waals surface area (Å²) in [6.45, 7) is -1.24. The molecule has 6 heteroatoms. The van der Waals surface area contributed by atoms with E-state index in [4.69, 9.17) is 10.4 Å². The number of carbonyl (C=O) groups excluding carboxylic acids is 1. The number of rotatable bonds is 5. The van der Waals surface area contributed by atoms with Gasteiger partial charge in [0.15, 0.2) is 0 Å². The van der Waals surface area contributed by atoms with Gasteiger partial charge in [0, 0.05) is 6.54 Å². The molecule has 0 aliphatic heterocycles. The van der Waals surface area contributed by atoms with Crippen molar-refractivity contribution in [3.8, 4) is 6.07 Å². The number of hydrogen-bond acceptors (Lipinski definition) is 3. The fourth-order valence-corrected chi connectivity index (χ4v) is 2.22. The van der Waals surface area contributed by atoms with E-state index in [1.165, 1.54) is 0 Å². The van der Waals surface area contributed by atoms with Gasteiger partial charge in [-0.25, -0.2) is 8.78 Å². The number of aliphatic hydroxyl groups is 1. The molecule has 0 atom stereocenters. The maximum absolute atomic E-state index is 12.3. The van der Waals surface area contributed by atoms with Gasteiger partial charge in [-0.3, -0.25) is 4.79 Å². The van der Waals surface area contributed by atoms with Crippen molar-refractivity contribution in [3.63, 3.8) is 0 Å². The van der Waals surface area contributed by atoms with Crippen molar-refractivity contribution in [2.45, 2.75) is 32.1 Å². The average molecular weight is 246 g/mol. The molecule has 1 aliphatic carbocycles. The molecular weight excluding hydrogens is 230 g/mol. The Hall–Kier alpha value is -1.22. The zero-order valence-corrected chi connectivity index (χ0v) is 9.53. The van der Waals surface area contributed by atoms with Crippen LogP contribution in [0.15, 0.2) is 0 Å². The van der Waals surface area contributed by atoms with Gasteiger partial charge >= 0.3 is 0 Å². The lowest BCUT2D eigenvalue weighted by Crippen LogP contribution is -2.45. The third-order valence-corrected chi connectivity index (χ3v) is 3.10. The number of carbonyl (C=O) groups is 1. The Morgan fingerprint density at radius 3 is 2.47 bits per heavy atom. The van der Waals surface area contributed by atoms with Crippen LogP contribution in [0.3, 0.4) is 0 Å². The van der Waals surface area contributed by atoms with Crippen molar-refractivity contribution >= 4 is 5.91 Å². The van der Waals surface area contributed by atoms with Gasteiger partial charge in [0.1, 0.15) is 5.41 Å². The monoisotopic (exact) mass is 246 g/mol. The molecule has 0 radical (unpaired) electrons. The Morgan fingerprint density at radius 1 is 1.47 bits per heavy atom. The topological polar surface area (TPSA) is 64.3 Å².